The van der Waals surface area contributed by atoms with E-state index in [2.05, 4.69) is 48.4 Å². The molecule has 1 amide bonds. The number of para-hydroxylation sites is 1. The first-order chi connectivity index (χ1) is 12.7. The summed E-state index contributed by atoms with van der Waals surface area (Å²) in [6.07, 6.45) is 1.59. The minimum absolute atomic E-state index is 0.0578. The predicted octanol–water partition coefficient (Wildman–Crippen LogP) is 3.78. The van der Waals surface area contributed by atoms with Crippen LogP contribution in [0.25, 0.3) is 0 Å². The summed E-state index contributed by atoms with van der Waals surface area (Å²) in [6.45, 7) is 5.79. The van der Waals surface area contributed by atoms with E-state index in [4.69, 9.17) is 5.10 Å². The molecule has 0 saturated heterocycles. The average Bonchev–Trinajstić information content (AvgIpc) is 2.66. The van der Waals surface area contributed by atoms with Gasteiger partial charge in [0.05, 0.1) is 0 Å². The number of hydrogen-bond donors (Lipinski definition) is 2. The van der Waals surface area contributed by atoms with Crippen molar-refractivity contribution in [3.05, 3.63) is 77.9 Å². The van der Waals surface area contributed by atoms with Crippen LogP contribution in [0.5, 0.6) is 0 Å². The predicted molar refractivity (Wildman–Crippen MR) is 107 cm³/mol. The van der Waals surface area contributed by atoms with Crippen LogP contribution in [0.4, 0.5) is 5.69 Å². The third kappa shape index (κ3) is 2.97. The monoisotopic (exact) mass is 364 g/mol. The molecule has 2 aliphatic heterocycles. The number of fused-ring (bicyclic) bond motifs is 3. The number of amides is 1. The van der Waals surface area contributed by atoms with E-state index >= 15 is 0 Å². The van der Waals surface area contributed by atoms with Gasteiger partial charge in [0, 0.05) is 17.0 Å². The maximum absolute atomic E-state index is 12.9. The molecule has 0 aromatic heterocycles. The average molecular weight is 364 g/mol. The smallest absolute Gasteiger partial charge is 0.255 e. The highest BCUT2D eigenvalue weighted by Gasteiger charge is 2.41. The van der Waals surface area contributed by atoms with Crippen molar-refractivity contribution in [1.82, 2.24) is 10.3 Å². The van der Waals surface area contributed by atoms with Gasteiger partial charge in [-0.15, -0.1) is 11.7 Å². The number of nitrogens with zero attached hydrogens (tertiary/aromatic N) is 2. The molecule has 0 aliphatic carbocycles. The van der Waals surface area contributed by atoms with Crippen molar-refractivity contribution in [2.45, 2.75) is 19.1 Å². The summed E-state index contributed by atoms with van der Waals surface area (Å²) >= 11 is 1.47. The molecular formula is C20H20N4OS. The first-order valence-electron chi connectivity index (χ1n) is 8.51. The second-order valence-electron chi connectivity index (χ2n) is 6.32. The molecule has 5 nitrogen and oxygen atoms in total. The molecule has 132 valence electrons. The van der Waals surface area contributed by atoms with Gasteiger partial charge < -0.3 is 10.6 Å². The quantitative estimate of drug-likeness (QED) is 0.814. The van der Waals surface area contributed by atoms with Gasteiger partial charge in [0.2, 0.25) is 0 Å². The Morgan fingerprint density at radius 3 is 2.77 bits per heavy atom. The Bertz CT molecular complexity index is 878. The lowest BCUT2D eigenvalue weighted by atomic mass is 9.97. The van der Waals surface area contributed by atoms with E-state index in [0.29, 0.717) is 10.9 Å². The topological polar surface area (TPSA) is 56.7 Å². The summed E-state index contributed by atoms with van der Waals surface area (Å²) in [5.74, 6) is 0.634. The summed E-state index contributed by atoms with van der Waals surface area (Å²) < 4.78 is 0. The zero-order valence-corrected chi connectivity index (χ0v) is 15.3. The van der Waals surface area contributed by atoms with E-state index in [1.165, 1.54) is 17.3 Å². The van der Waals surface area contributed by atoms with Crippen molar-refractivity contribution in [2.24, 2.45) is 5.10 Å². The van der Waals surface area contributed by atoms with Gasteiger partial charge in [0.15, 0.2) is 11.2 Å². The Morgan fingerprint density at radius 1 is 1.23 bits per heavy atom. The molecule has 6 heteroatoms. The molecule has 2 aromatic rings. The van der Waals surface area contributed by atoms with Gasteiger partial charge in [-0.2, -0.15) is 0 Å². The number of thioether (sulfide) groups is 1. The first kappa shape index (κ1) is 16.7. The highest BCUT2D eigenvalue weighted by Crippen LogP contribution is 2.42. The lowest BCUT2D eigenvalue weighted by molar-refractivity contribution is -0.127. The Morgan fingerprint density at radius 2 is 2.00 bits per heavy atom. The number of hydrazone groups is 1. The van der Waals surface area contributed by atoms with Crippen molar-refractivity contribution in [3.63, 3.8) is 0 Å². The molecule has 0 radical (unpaired) electrons. The fourth-order valence-corrected chi connectivity index (χ4v) is 3.84. The van der Waals surface area contributed by atoms with Crippen LogP contribution in [-0.4, -0.2) is 21.8 Å². The van der Waals surface area contributed by atoms with Gasteiger partial charge in [-0.1, -0.05) is 65.9 Å². The lowest BCUT2D eigenvalue weighted by Gasteiger charge is -2.43. The third-order valence-electron chi connectivity index (χ3n) is 4.49. The zero-order valence-electron chi connectivity index (χ0n) is 14.5. The van der Waals surface area contributed by atoms with E-state index in [0.717, 1.165) is 16.8 Å². The molecule has 0 spiro atoms. The standard InChI is InChI=1S/C20H20N4OS/c1-3-12-26-20-22-19(25)17-15-6-4-5-7-16(15)21-18(24(17)23-20)14-10-8-13(2)9-11-14/h3-11,17-18,21H,1,12H2,2H3,(H,22,23,25)/t17-,18+/m1/s1. The van der Waals surface area contributed by atoms with Crippen molar-refractivity contribution < 1.29 is 4.79 Å². The van der Waals surface area contributed by atoms with Crippen LogP contribution in [0, 0.1) is 6.92 Å². The minimum Gasteiger partial charge on any atom is -0.360 e. The summed E-state index contributed by atoms with van der Waals surface area (Å²) in [6, 6.07) is 15.8. The van der Waals surface area contributed by atoms with E-state index in [1.54, 1.807) is 6.08 Å². The molecule has 4 rings (SSSR count). The van der Waals surface area contributed by atoms with Crippen LogP contribution in [-0.2, 0) is 4.79 Å². The number of nitrogens with one attached hydrogen (secondary N) is 2. The number of aryl methyl sites for hydroxylation is 1. The highest BCUT2D eigenvalue weighted by molar-refractivity contribution is 8.14. The van der Waals surface area contributed by atoms with Gasteiger partial charge >= 0.3 is 0 Å². The molecule has 0 fully saturated rings. The number of benzene rings is 2. The molecule has 0 saturated carbocycles. The molecule has 2 heterocycles. The second-order valence-corrected chi connectivity index (χ2v) is 7.33. The Labute approximate surface area is 157 Å². The van der Waals surface area contributed by atoms with Crippen molar-refractivity contribution >= 4 is 28.5 Å². The number of carbonyl (C=O) groups excluding carboxylic acids is 1. The molecule has 2 atom stereocenters. The number of carbonyl (C=O) groups is 1. The first-order valence-corrected chi connectivity index (χ1v) is 9.49. The normalized spacial score (nSPS) is 21.0. The van der Waals surface area contributed by atoms with Gasteiger partial charge in [-0.05, 0) is 18.6 Å². The second kappa shape index (κ2) is 6.88. The Kier molecular flexibility index (Phi) is 4.42. The maximum Gasteiger partial charge on any atom is 0.255 e. The Hall–Kier alpha value is -2.73. The number of amidine groups is 1. The van der Waals surface area contributed by atoms with E-state index in [9.17, 15) is 4.79 Å². The molecular weight excluding hydrogens is 344 g/mol. The lowest BCUT2D eigenvalue weighted by Crippen LogP contribution is -2.50. The largest absolute Gasteiger partial charge is 0.360 e. The number of hydrogen-bond acceptors (Lipinski definition) is 5. The van der Waals surface area contributed by atoms with Crippen LogP contribution in [0.1, 0.15) is 28.9 Å². The molecule has 0 unspecified atom stereocenters. The van der Waals surface area contributed by atoms with Gasteiger partial charge in [-0.3, -0.25) is 9.80 Å². The van der Waals surface area contributed by atoms with E-state index < -0.39 is 6.04 Å². The van der Waals surface area contributed by atoms with Crippen molar-refractivity contribution in [3.8, 4) is 0 Å². The van der Waals surface area contributed by atoms with Crippen molar-refractivity contribution in [1.29, 1.82) is 0 Å². The molecule has 2 aromatic carbocycles. The van der Waals surface area contributed by atoms with Crippen LogP contribution in [0.2, 0.25) is 0 Å². The van der Waals surface area contributed by atoms with Gasteiger partial charge in [0.1, 0.15) is 6.17 Å². The number of anilines is 1. The third-order valence-corrected chi connectivity index (χ3v) is 5.35. The summed E-state index contributed by atoms with van der Waals surface area (Å²) in [4.78, 5) is 12.9. The summed E-state index contributed by atoms with van der Waals surface area (Å²) in [5.41, 5.74) is 4.17. The van der Waals surface area contributed by atoms with Crippen LogP contribution >= 0.6 is 11.8 Å². The van der Waals surface area contributed by atoms with Gasteiger partial charge in [0.25, 0.3) is 5.91 Å². The molecule has 0 bridgehead atoms. The summed E-state index contributed by atoms with van der Waals surface area (Å²) in [5, 5.41) is 13.7. The summed E-state index contributed by atoms with van der Waals surface area (Å²) in [7, 11) is 0. The fourth-order valence-electron chi connectivity index (χ4n) is 3.24. The van der Waals surface area contributed by atoms with Crippen LogP contribution in [0.15, 0.2) is 66.3 Å². The Balaban J connectivity index is 1.79. The number of rotatable bonds is 3. The van der Waals surface area contributed by atoms with Crippen molar-refractivity contribution in [2.75, 3.05) is 11.1 Å². The SMILES string of the molecule is C=CCSC1=NN2[C@@H](c3ccc(C)cc3)Nc3ccccc3[C@@H]2C(=O)N1. The molecule has 26 heavy (non-hydrogen) atoms. The van der Waals surface area contributed by atoms with E-state index in [-0.39, 0.29) is 12.1 Å². The fraction of sp³-hybridized carbons (Fsp3) is 0.200. The van der Waals surface area contributed by atoms with E-state index in [1.807, 2.05) is 29.3 Å². The highest BCUT2D eigenvalue weighted by atomic mass is 32.2. The van der Waals surface area contributed by atoms with Gasteiger partial charge in [-0.25, -0.2) is 0 Å². The maximum atomic E-state index is 12.9. The molecule has 2 N–H and O–H groups in total. The zero-order chi connectivity index (χ0) is 18.1. The van der Waals surface area contributed by atoms with Crippen LogP contribution in [0.3, 0.4) is 0 Å². The minimum atomic E-state index is -0.452. The molecule has 2 aliphatic rings. The van der Waals surface area contributed by atoms with Crippen LogP contribution < -0.4 is 10.6 Å².